The first-order chi connectivity index (χ1) is 9.99. The normalized spacial score (nSPS) is 25.2. The van der Waals surface area contributed by atoms with E-state index in [2.05, 4.69) is 62.2 Å². The van der Waals surface area contributed by atoms with Crippen LogP contribution in [-0.4, -0.2) is 43.8 Å². The minimum atomic E-state index is 0.328. The van der Waals surface area contributed by atoms with E-state index < -0.39 is 0 Å². The zero-order valence-electron chi connectivity index (χ0n) is 14.1. The van der Waals surface area contributed by atoms with Crippen LogP contribution in [0.5, 0.6) is 0 Å². The van der Waals surface area contributed by atoms with Gasteiger partial charge in [0, 0.05) is 25.7 Å². The highest BCUT2D eigenvalue weighted by molar-refractivity contribution is 5.27. The fourth-order valence-corrected chi connectivity index (χ4v) is 3.17. The lowest BCUT2D eigenvalue weighted by Crippen LogP contribution is -2.48. The molecule has 0 aromatic heterocycles. The molecule has 1 heterocycles. The molecule has 3 unspecified atom stereocenters. The quantitative estimate of drug-likeness (QED) is 0.901. The van der Waals surface area contributed by atoms with E-state index in [9.17, 15) is 0 Å². The van der Waals surface area contributed by atoms with Gasteiger partial charge in [0.05, 0.1) is 12.2 Å². The predicted molar refractivity (Wildman–Crippen MR) is 88.8 cm³/mol. The molecule has 118 valence electrons. The Bertz CT molecular complexity index is 419. The standard InChI is InChI=1S/C18H30N2O/c1-13(2)16-6-8-17(9-7-16)18(19-5)12-20-10-14(3)21-15(4)11-20/h6-9,13-15,18-19H,10-12H2,1-5H3. The van der Waals surface area contributed by atoms with Gasteiger partial charge in [-0.1, -0.05) is 38.1 Å². The summed E-state index contributed by atoms with van der Waals surface area (Å²) in [6.45, 7) is 11.9. The second-order valence-electron chi connectivity index (χ2n) is 6.64. The van der Waals surface area contributed by atoms with Crippen LogP contribution in [-0.2, 0) is 4.74 Å². The van der Waals surface area contributed by atoms with E-state index in [0.29, 0.717) is 24.2 Å². The summed E-state index contributed by atoms with van der Waals surface area (Å²) in [5.74, 6) is 0.591. The van der Waals surface area contributed by atoms with Crippen LogP contribution in [0.15, 0.2) is 24.3 Å². The first-order valence-corrected chi connectivity index (χ1v) is 8.14. The minimum Gasteiger partial charge on any atom is -0.373 e. The molecule has 0 amide bonds. The molecule has 1 aliphatic rings. The van der Waals surface area contributed by atoms with Gasteiger partial charge in [0.1, 0.15) is 0 Å². The summed E-state index contributed by atoms with van der Waals surface area (Å²) in [6.07, 6.45) is 0.657. The van der Waals surface area contributed by atoms with Crippen molar-refractivity contribution in [2.75, 3.05) is 26.7 Å². The van der Waals surface area contributed by atoms with Gasteiger partial charge in [0.2, 0.25) is 0 Å². The fourth-order valence-electron chi connectivity index (χ4n) is 3.17. The number of likely N-dealkylation sites (N-methyl/N-ethyl adjacent to an activating group) is 1. The summed E-state index contributed by atoms with van der Waals surface area (Å²) in [6, 6.07) is 9.43. The SMILES string of the molecule is CNC(CN1CC(C)OC(C)C1)c1ccc(C(C)C)cc1. The third-order valence-electron chi connectivity index (χ3n) is 4.29. The number of hydrogen-bond acceptors (Lipinski definition) is 3. The summed E-state index contributed by atoms with van der Waals surface area (Å²) in [7, 11) is 2.05. The van der Waals surface area contributed by atoms with Crippen molar-refractivity contribution in [1.29, 1.82) is 0 Å². The average Bonchev–Trinajstić information content (AvgIpc) is 2.44. The zero-order valence-corrected chi connectivity index (χ0v) is 14.1. The Morgan fingerprint density at radius 1 is 1.10 bits per heavy atom. The number of nitrogens with zero attached hydrogens (tertiary/aromatic N) is 1. The smallest absolute Gasteiger partial charge is 0.0678 e. The summed E-state index contributed by atoms with van der Waals surface area (Å²) >= 11 is 0. The third kappa shape index (κ3) is 4.53. The minimum absolute atomic E-state index is 0.328. The first-order valence-electron chi connectivity index (χ1n) is 8.14. The molecule has 1 N–H and O–H groups in total. The van der Waals surface area contributed by atoms with Crippen molar-refractivity contribution in [1.82, 2.24) is 10.2 Å². The molecule has 0 bridgehead atoms. The summed E-state index contributed by atoms with van der Waals surface area (Å²) in [5.41, 5.74) is 2.77. The second-order valence-corrected chi connectivity index (χ2v) is 6.64. The van der Waals surface area contributed by atoms with Gasteiger partial charge in [-0.05, 0) is 37.9 Å². The largest absolute Gasteiger partial charge is 0.373 e. The van der Waals surface area contributed by atoms with Crippen LogP contribution in [0.1, 0.15) is 50.8 Å². The van der Waals surface area contributed by atoms with Crippen molar-refractivity contribution in [3.63, 3.8) is 0 Å². The fraction of sp³-hybridized carbons (Fsp3) is 0.667. The van der Waals surface area contributed by atoms with Crippen molar-refractivity contribution < 1.29 is 4.74 Å². The van der Waals surface area contributed by atoms with Gasteiger partial charge in [-0.15, -0.1) is 0 Å². The zero-order chi connectivity index (χ0) is 15.4. The van der Waals surface area contributed by atoms with E-state index in [1.165, 1.54) is 11.1 Å². The lowest BCUT2D eigenvalue weighted by molar-refractivity contribution is -0.0698. The molecule has 0 spiro atoms. The molecule has 21 heavy (non-hydrogen) atoms. The topological polar surface area (TPSA) is 24.5 Å². The van der Waals surface area contributed by atoms with E-state index in [1.54, 1.807) is 0 Å². The molecule has 3 nitrogen and oxygen atoms in total. The van der Waals surface area contributed by atoms with Crippen LogP contribution < -0.4 is 5.32 Å². The molecule has 2 rings (SSSR count). The van der Waals surface area contributed by atoms with Crippen LogP contribution in [0.2, 0.25) is 0 Å². The van der Waals surface area contributed by atoms with Crippen molar-refractivity contribution in [3.05, 3.63) is 35.4 Å². The van der Waals surface area contributed by atoms with Crippen LogP contribution in [0.4, 0.5) is 0 Å². The molecule has 0 saturated carbocycles. The van der Waals surface area contributed by atoms with Gasteiger partial charge in [-0.3, -0.25) is 4.90 Å². The highest BCUT2D eigenvalue weighted by atomic mass is 16.5. The monoisotopic (exact) mass is 290 g/mol. The Balaban J connectivity index is 2.02. The second kappa shape index (κ2) is 7.39. The maximum atomic E-state index is 5.82. The van der Waals surface area contributed by atoms with Crippen molar-refractivity contribution in [3.8, 4) is 0 Å². The number of benzene rings is 1. The molecule has 0 radical (unpaired) electrons. The van der Waals surface area contributed by atoms with E-state index in [-0.39, 0.29) is 0 Å². The van der Waals surface area contributed by atoms with Gasteiger partial charge in [0.25, 0.3) is 0 Å². The number of hydrogen-bond donors (Lipinski definition) is 1. The number of nitrogens with one attached hydrogen (secondary N) is 1. The van der Waals surface area contributed by atoms with E-state index >= 15 is 0 Å². The lowest BCUT2D eigenvalue weighted by atomic mass is 9.98. The molecule has 3 atom stereocenters. The van der Waals surface area contributed by atoms with Crippen LogP contribution in [0.25, 0.3) is 0 Å². The Morgan fingerprint density at radius 2 is 1.62 bits per heavy atom. The Hall–Kier alpha value is -0.900. The first kappa shape index (κ1) is 16.5. The van der Waals surface area contributed by atoms with E-state index in [0.717, 1.165) is 19.6 Å². The van der Waals surface area contributed by atoms with Gasteiger partial charge in [-0.25, -0.2) is 0 Å². The van der Waals surface area contributed by atoms with E-state index in [4.69, 9.17) is 4.74 Å². The van der Waals surface area contributed by atoms with Crippen molar-refractivity contribution in [2.24, 2.45) is 0 Å². The van der Waals surface area contributed by atoms with Gasteiger partial charge >= 0.3 is 0 Å². The molecule has 0 aliphatic carbocycles. The maximum Gasteiger partial charge on any atom is 0.0678 e. The lowest BCUT2D eigenvalue weighted by Gasteiger charge is -2.37. The molecule has 1 aromatic carbocycles. The molecular weight excluding hydrogens is 260 g/mol. The molecule has 1 saturated heterocycles. The van der Waals surface area contributed by atoms with Crippen LogP contribution >= 0.6 is 0 Å². The molecule has 1 fully saturated rings. The highest BCUT2D eigenvalue weighted by Crippen LogP contribution is 2.21. The molecule has 1 aromatic rings. The van der Waals surface area contributed by atoms with E-state index in [1.807, 2.05) is 7.05 Å². The summed E-state index contributed by atoms with van der Waals surface area (Å²) in [5, 5.41) is 3.46. The van der Waals surface area contributed by atoms with Crippen LogP contribution in [0, 0.1) is 0 Å². The summed E-state index contributed by atoms with van der Waals surface area (Å²) < 4.78 is 5.82. The Morgan fingerprint density at radius 3 is 2.10 bits per heavy atom. The molecule has 3 heteroatoms. The Kier molecular flexibility index (Phi) is 5.80. The van der Waals surface area contributed by atoms with Crippen LogP contribution in [0.3, 0.4) is 0 Å². The van der Waals surface area contributed by atoms with Gasteiger partial charge < -0.3 is 10.1 Å². The van der Waals surface area contributed by atoms with Gasteiger partial charge in [-0.2, -0.15) is 0 Å². The number of rotatable bonds is 5. The predicted octanol–water partition coefficient (Wildman–Crippen LogP) is 3.18. The third-order valence-corrected chi connectivity index (χ3v) is 4.29. The number of morpholine rings is 1. The maximum absolute atomic E-state index is 5.82. The van der Waals surface area contributed by atoms with Crippen molar-refractivity contribution in [2.45, 2.75) is 51.9 Å². The Labute approximate surface area is 129 Å². The average molecular weight is 290 g/mol. The highest BCUT2D eigenvalue weighted by Gasteiger charge is 2.24. The van der Waals surface area contributed by atoms with Gasteiger partial charge in [0.15, 0.2) is 0 Å². The molecule has 1 aliphatic heterocycles. The summed E-state index contributed by atoms with van der Waals surface area (Å²) in [4.78, 5) is 2.51. The number of ether oxygens (including phenoxy) is 1. The molecular formula is C18H30N2O. The van der Waals surface area contributed by atoms with Crippen molar-refractivity contribution >= 4 is 0 Å².